The molecule has 0 aliphatic carbocycles. The number of nitrogens with two attached hydrogens (primary N) is 1. The summed E-state index contributed by atoms with van der Waals surface area (Å²) in [5.74, 6) is -1.11. The van der Waals surface area contributed by atoms with Crippen LogP contribution in [0.5, 0.6) is 0 Å². The number of β-lactam (4-membered cyclic amide) rings is 1. The summed E-state index contributed by atoms with van der Waals surface area (Å²) in [5.41, 5.74) is 6.13. The van der Waals surface area contributed by atoms with Gasteiger partial charge in [-0.05, 0) is 0 Å². The average molecular weight is 353 g/mol. The molecule has 1 amide bonds. The zero-order chi connectivity index (χ0) is 16.6. The Labute approximate surface area is 141 Å². The van der Waals surface area contributed by atoms with E-state index in [1.165, 1.54) is 16.7 Å². The molecular weight excluding hydrogens is 340 g/mol. The molecule has 1 aromatic carbocycles. The van der Waals surface area contributed by atoms with E-state index in [9.17, 15) is 14.4 Å². The lowest BCUT2D eigenvalue weighted by molar-refractivity contribution is -0.150. The molecule has 1 saturated heterocycles. The van der Waals surface area contributed by atoms with Gasteiger partial charge in [0.05, 0.1) is 5.03 Å². The van der Waals surface area contributed by atoms with Crippen LogP contribution in [0.15, 0.2) is 41.1 Å². The van der Waals surface area contributed by atoms with Crippen molar-refractivity contribution in [3.05, 3.63) is 46.6 Å². The molecule has 2 heterocycles. The number of carbonyl (C=O) groups is 3. The fourth-order valence-corrected chi connectivity index (χ4v) is 3.87. The lowest BCUT2D eigenvalue weighted by Crippen LogP contribution is -2.68. The molecule has 1 fully saturated rings. The Morgan fingerprint density at radius 3 is 2.74 bits per heavy atom. The predicted octanol–water partition coefficient (Wildman–Crippen LogP) is 1.11. The highest BCUT2D eigenvalue weighted by atomic mass is 35.5. The number of Topliss-reactive ketones (excluding diaryl/α,β-unsaturated/α-hetero) is 1. The summed E-state index contributed by atoms with van der Waals surface area (Å²) in [7, 11) is 0. The second-order valence-corrected chi connectivity index (χ2v) is 6.62. The number of benzene rings is 1. The average Bonchev–Trinajstić information content (AvgIpc) is 2.59. The van der Waals surface area contributed by atoms with Crippen molar-refractivity contribution in [1.82, 2.24) is 4.90 Å². The molecular formula is C15H13ClN2O4S. The second-order valence-electron chi connectivity index (χ2n) is 5.05. The highest BCUT2D eigenvalue weighted by molar-refractivity contribution is 8.00. The minimum Gasteiger partial charge on any atom is -0.453 e. The number of esters is 1. The summed E-state index contributed by atoms with van der Waals surface area (Å²) in [4.78, 5) is 37.3. The van der Waals surface area contributed by atoms with Crippen molar-refractivity contribution in [2.24, 2.45) is 5.73 Å². The number of nitrogens with zero attached hydrogens (tertiary/aromatic N) is 1. The van der Waals surface area contributed by atoms with Crippen LogP contribution in [0.2, 0.25) is 0 Å². The summed E-state index contributed by atoms with van der Waals surface area (Å²) in [6.07, 6.45) is 0. The number of thioether (sulfide) groups is 1. The van der Waals surface area contributed by atoms with Crippen LogP contribution >= 0.6 is 23.4 Å². The number of hydrogen-bond acceptors (Lipinski definition) is 6. The maximum Gasteiger partial charge on any atom is 0.356 e. The van der Waals surface area contributed by atoms with Crippen molar-refractivity contribution >= 4 is 41.0 Å². The molecule has 8 heteroatoms. The Bertz CT molecular complexity index is 707. The SMILES string of the molecule is NC1C(=O)N2C(C(=O)OCC(=O)c3ccccc3)=C(Cl)CSC12. The Morgan fingerprint density at radius 1 is 1.35 bits per heavy atom. The van der Waals surface area contributed by atoms with Gasteiger partial charge in [-0.2, -0.15) is 0 Å². The summed E-state index contributed by atoms with van der Waals surface area (Å²) in [6, 6.07) is 7.85. The fourth-order valence-electron chi connectivity index (χ4n) is 2.38. The molecule has 0 bridgehead atoms. The number of fused-ring (bicyclic) bond motifs is 1. The van der Waals surface area contributed by atoms with Crippen molar-refractivity contribution in [2.75, 3.05) is 12.4 Å². The molecule has 6 nitrogen and oxygen atoms in total. The van der Waals surface area contributed by atoms with Crippen molar-refractivity contribution in [3.8, 4) is 0 Å². The van der Waals surface area contributed by atoms with Gasteiger partial charge >= 0.3 is 5.97 Å². The predicted molar refractivity (Wildman–Crippen MR) is 85.7 cm³/mol. The van der Waals surface area contributed by atoms with Crippen molar-refractivity contribution < 1.29 is 19.1 Å². The van der Waals surface area contributed by atoms with Crippen molar-refractivity contribution in [2.45, 2.75) is 11.4 Å². The lowest BCUT2D eigenvalue weighted by Gasteiger charge is -2.47. The van der Waals surface area contributed by atoms with E-state index in [-0.39, 0.29) is 27.8 Å². The third-order valence-electron chi connectivity index (χ3n) is 3.59. The van der Waals surface area contributed by atoms with Gasteiger partial charge in [-0.1, -0.05) is 41.9 Å². The Balaban J connectivity index is 1.68. The van der Waals surface area contributed by atoms with Gasteiger partial charge < -0.3 is 10.5 Å². The van der Waals surface area contributed by atoms with E-state index in [0.717, 1.165) is 0 Å². The van der Waals surface area contributed by atoms with Crippen LogP contribution in [0.4, 0.5) is 0 Å². The molecule has 1 aromatic rings. The van der Waals surface area contributed by atoms with Crippen LogP contribution < -0.4 is 5.73 Å². The standard InChI is InChI=1S/C15H13ClN2O4S/c16-9-7-23-14-11(17)13(20)18(14)12(9)15(21)22-6-10(19)8-4-2-1-3-5-8/h1-5,11,14H,6-7,17H2. The van der Waals surface area contributed by atoms with Gasteiger partial charge in [0.25, 0.3) is 0 Å². The largest absolute Gasteiger partial charge is 0.453 e. The van der Waals surface area contributed by atoms with E-state index in [0.29, 0.717) is 11.3 Å². The molecule has 2 atom stereocenters. The number of carbonyl (C=O) groups excluding carboxylic acids is 3. The molecule has 0 aromatic heterocycles. The summed E-state index contributed by atoms with van der Waals surface area (Å²) in [6.45, 7) is -0.414. The smallest absolute Gasteiger partial charge is 0.356 e. The van der Waals surface area contributed by atoms with E-state index in [4.69, 9.17) is 22.1 Å². The lowest BCUT2D eigenvalue weighted by atomic mass is 10.1. The van der Waals surface area contributed by atoms with Gasteiger partial charge in [0.2, 0.25) is 5.91 Å². The second kappa shape index (κ2) is 6.35. The zero-order valence-electron chi connectivity index (χ0n) is 11.9. The maximum atomic E-state index is 12.2. The van der Waals surface area contributed by atoms with Gasteiger partial charge in [0.1, 0.15) is 17.1 Å². The first-order valence-electron chi connectivity index (χ1n) is 6.85. The number of ketones is 1. The minimum atomic E-state index is -0.787. The molecule has 23 heavy (non-hydrogen) atoms. The molecule has 2 aliphatic heterocycles. The monoisotopic (exact) mass is 352 g/mol. The first-order valence-corrected chi connectivity index (χ1v) is 8.27. The molecule has 120 valence electrons. The van der Waals surface area contributed by atoms with Crippen molar-refractivity contribution in [1.29, 1.82) is 0 Å². The third kappa shape index (κ3) is 2.87. The number of halogens is 1. The van der Waals surface area contributed by atoms with Gasteiger partial charge in [-0.25, -0.2) is 4.79 Å². The molecule has 3 rings (SSSR count). The number of amides is 1. The van der Waals surface area contributed by atoms with Gasteiger partial charge in [-0.3, -0.25) is 14.5 Å². The Morgan fingerprint density at radius 2 is 2.04 bits per heavy atom. The summed E-state index contributed by atoms with van der Waals surface area (Å²) >= 11 is 7.45. The third-order valence-corrected chi connectivity index (χ3v) is 5.36. The minimum absolute atomic E-state index is 0.0111. The highest BCUT2D eigenvalue weighted by Crippen LogP contribution is 2.40. The Hall–Kier alpha value is -1.83. The van der Waals surface area contributed by atoms with E-state index in [1.54, 1.807) is 30.3 Å². The highest BCUT2D eigenvalue weighted by Gasteiger charge is 2.52. The zero-order valence-corrected chi connectivity index (χ0v) is 13.5. The molecule has 0 radical (unpaired) electrons. The van der Waals surface area contributed by atoms with Crippen LogP contribution in [0.1, 0.15) is 10.4 Å². The van der Waals surface area contributed by atoms with E-state index >= 15 is 0 Å². The maximum absolute atomic E-state index is 12.2. The van der Waals surface area contributed by atoms with Crippen LogP contribution in [0, 0.1) is 0 Å². The normalized spacial score (nSPS) is 23.2. The van der Waals surface area contributed by atoms with Crippen molar-refractivity contribution in [3.63, 3.8) is 0 Å². The molecule has 0 saturated carbocycles. The first kappa shape index (κ1) is 16.0. The molecule has 2 N–H and O–H groups in total. The number of hydrogen-bond donors (Lipinski definition) is 1. The quantitative estimate of drug-likeness (QED) is 0.496. The van der Waals surface area contributed by atoms with Crippen LogP contribution in [-0.4, -0.2) is 46.3 Å². The number of ether oxygens (including phenoxy) is 1. The van der Waals surface area contributed by atoms with E-state index in [2.05, 4.69) is 0 Å². The number of rotatable bonds is 4. The first-order chi connectivity index (χ1) is 11.0. The van der Waals surface area contributed by atoms with Gasteiger partial charge in [-0.15, -0.1) is 11.8 Å². The van der Waals surface area contributed by atoms with Gasteiger partial charge in [0, 0.05) is 11.3 Å². The summed E-state index contributed by atoms with van der Waals surface area (Å²) < 4.78 is 5.03. The van der Waals surface area contributed by atoms with E-state index in [1.807, 2.05) is 0 Å². The molecule has 0 spiro atoms. The van der Waals surface area contributed by atoms with E-state index < -0.39 is 18.6 Å². The van der Waals surface area contributed by atoms with Crippen LogP contribution in [0.25, 0.3) is 0 Å². The Kier molecular flexibility index (Phi) is 4.43. The molecule has 2 unspecified atom stereocenters. The topological polar surface area (TPSA) is 89.7 Å². The fraction of sp³-hybridized carbons (Fsp3) is 0.267. The molecule has 2 aliphatic rings. The van der Waals surface area contributed by atoms with Crippen LogP contribution in [0.3, 0.4) is 0 Å². The van der Waals surface area contributed by atoms with Crippen LogP contribution in [-0.2, 0) is 14.3 Å². The van der Waals surface area contributed by atoms with Gasteiger partial charge in [0.15, 0.2) is 12.4 Å². The summed E-state index contributed by atoms with van der Waals surface area (Å²) in [5, 5.41) is -0.0824.